The van der Waals surface area contributed by atoms with Gasteiger partial charge in [-0.15, -0.1) is 0 Å². The molecule has 0 bridgehead atoms. The molecule has 1 aromatic heterocycles. The Kier molecular flexibility index (Phi) is 7.54. The number of aromatic nitrogens is 1. The number of carbonyl (C=O) groups excluding carboxylic acids is 1. The van der Waals surface area contributed by atoms with Gasteiger partial charge in [-0.2, -0.15) is 0 Å². The van der Waals surface area contributed by atoms with E-state index in [4.69, 9.17) is 4.74 Å². The lowest BCUT2D eigenvalue weighted by atomic mass is 9.97. The number of aliphatic hydroxyl groups is 1. The zero-order valence-electron chi connectivity index (χ0n) is 23.7. The van der Waals surface area contributed by atoms with Crippen LogP contribution in [-0.4, -0.2) is 33.8 Å². The molecule has 4 N–H and O–H groups in total. The first-order valence-corrected chi connectivity index (χ1v) is 14.5. The van der Waals surface area contributed by atoms with E-state index in [-0.39, 0.29) is 28.7 Å². The lowest BCUT2D eigenvalue weighted by Gasteiger charge is -2.19. The van der Waals surface area contributed by atoms with E-state index in [1.165, 1.54) is 34.4 Å². The fourth-order valence-corrected chi connectivity index (χ4v) is 6.16. The fraction of sp³-hybridized carbons (Fsp3) is 0.257. The number of nitrogens with one attached hydrogen (secondary N) is 2. The van der Waals surface area contributed by atoms with Gasteiger partial charge < -0.3 is 25.3 Å². The molecule has 6 rings (SSSR count). The summed E-state index contributed by atoms with van der Waals surface area (Å²) >= 11 is 0. The summed E-state index contributed by atoms with van der Waals surface area (Å²) in [5.41, 5.74) is 6.15. The van der Waals surface area contributed by atoms with Gasteiger partial charge in [0.2, 0.25) is 5.56 Å². The normalized spacial score (nSPS) is 13.9. The van der Waals surface area contributed by atoms with Crippen LogP contribution in [0.25, 0.3) is 21.7 Å². The van der Waals surface area contributed by atoms with Gasteiger partial charge in [-0.3, -0.25) is 4.79 Å². The molecular formula is C35H34N2O5. The fourth-order valence-electron chi connectivity index (χ4n) is 6.16. The molecule has 0 unspecified atom stereocenters. The number of phenols is 1. The topological polar surface area (TPSA) is 112 Å². The number of H-pyrrole nitrogens is 1. The summed E-state index contributed by atoms with van der Waals surface area (Å²) in [6.45, 7) is 4.72. The third-order valence-electron chi connectivity index (χ3n) is 8.39. The van der Waals surface area contributed by atoms with E-state index in [0.717, 1.165) is 31.1 Å². The van der Waals surface area contributed by atoms with Crippen LogP contribution in [0, 0.1) is 0 Å². The van der Waals surface area contributed by atoms with Gasteiger partial charge in [0, 0.05) is 29.4 Å². The Morgan fingerprint density at radius 1 is 0.952 bits per heavy atom. The standard InChI is InChI=1S/C35H34N2O5/c1-3-20-15-23-17-25(18-24(23)16-21(20)4-2)36-19-30(38)27-11-13-31(33-28(27)12-14-32(39)37-33)42-35(41)29-10-9-22-7-5-6-8-26(22)34(29)40/h5-16,25,30,36,38,40H,3-4,17-19H2,1-2H3,(H,37,39)/t30-/m0/s1. The van der Waals surface area contributed by atoms with Crippen molar-refractivity contribution in [1.82, 2.24) is 10.3 Å². The molecular weight excluding hydrogens is 528 g/mol. The third-order valence-corrected chi connectivity index (χ3v) is 8.39. The van der Waals surface area contributed by atoms with Gasteiger partial charge in [0.25, 0.3) is 0 Å². The number of rotatable bonds is 8. The summed E-state index contributed by atoms with van der Waals surface area (Å²) in [5.74, 6) is -0.786. The predicted octanol–water partition coefficient (Wildman–Crippen LogP) is 5.52. The first-order chi connectivity index (χ1) is 20.4. The van der Waals surface area contributed by atoms with Crippen LogP contribution < -0.4 is 15.6 Å². The van der Waals surface area contributed by atoms with Gasteiger partial charge in [0.05, 0.1) is 11.6 Å². The molecule has 7 nitrogen and oxygen atoms in total. The highest BCUT2D eigenvalue weighted by Crippen LogP contribution is 2.33. The summed E-state index contributed by atoms with van der Waals surface area (Å²) in [5, 5.41) is 27.4. The van der Waals surface area contributed by atoms with Gasteiger partial charge in [-0.1, -0.05) is 62.4 Å². The van der Waals surface area contributed by atoms with Gasteiger partial charge >= 0.3 is 5.97 Å². The molecule has 0 spiro atoms. The van der Waals surface area contributed by atoms with Crippen molar-refractivity contribution < 1.29 is 19.7 Å². The second-order valence-electron chi connectivity index (χ2n) is 11.0. The second kappa shape index (κ2) is 11.4. The number of aromatic hydroxyl groups is 1. The van der Waals surface area contributed by atoms with Crippen LogP contribution >= 0.6 is 0 Å². The minimum atomic E-state index is -0.853. The van der Waals surface area contributed by atoms with Crippen LogP contribution in [0.3, 0.4) is 0 Å². The molecule has 5 aromatic rings. The number of hydrogen-bond donors (Lipinski definition) is 4. The lowest BCUT2D eigenvalue weighted by Crippen LogP contribution is -2.33. The van der Waals surface area contributed by atoms with E-state index in [1.54, 1.807) is 36.4 Å². The molecule has 0 saturated carbocycles. The number of aryl methyl sites for hydroxylation is 2. The van der Waals surface area contributed by atoms with E-state index >= 15 is 0 Å². The van der Waals surface area contributed by atoms with Crippen LogP contribution in [0.4, 0.5) is 0 Å². The van der Waals surface area contributed by atoms with E-state index < -0.39 is 12.1 Å². The number of hydrogen-bond acceptors (Lipinski definition) is 6. The summed E-state index contributed by atoms with van der Waals surface area (Å²) in [4.78, 5) is 28.1. The van der Waals surface area contributed by atoms with E-state index in [1.807, 2.05) is 12.1 Å². The summed E-state index contributed by atoms with van der Waals surface area (Å²) in [6.07, 6.45) is 3.04. The zero-order valence-corrected chi connectivity index (χ0v) is 23.7. The molecule has 214 valence electrons. The van der Waals surface area contributed by atoms with Crippen LogP contribution in [0.2, 0.25) is 0 Å². The largest absolute Gasteiger partial charge is 0.506 e. The number of benzene rings is 4. The Hall–Kier alpha value is -4.46. The molecule has 4 aromatic carbocycles. The van der Waals surface area contributed by atoms with Gasteiger partial charge in [-0.25, -0.2) is 4.79 Å². The molecule has 1 atom stereocenters. The Morgan fingerprint density at radius 2 is 1.67 bits per heavy atom. The Morgan fingerprint density at radius 3 is 2.38 bits per heavy atom. The molecule has 0 amide bonds. The lowest BCUT2D eigenvalue weighted by molar-refractivity contribution is 0.0734. The van der Waals surface area contributed by atoms with Crippen molar-refractivity contribution in [3.8, 4) is 11.5 Å². The smallest absolute Gasteiger partial charge is 0.347 e. The van der Waals surface area contributed by atoms with Gasteiger partial charge in [0.15, 0.2) is 5.75 Å². The van der Waals surface area contributed by atoms with Gasteiger partial charge in [0.1, 0.15) is 11.3 Å². The number of aliphatic hydroxyl groups excluding tert-OH is 1. The minimum Gasteiger partial charge on any atom is -0.506 e. The molecule has 0 fully saturated rings. The van der Waals surface area contributed by atoms with Crippen molar-refractivity contribution in [3.05, 3.63) is 117 Å². The molecule has 1 aliphatic carbocycles. The molecule has 0 radical (unpaired) electrons. The SMILES string of the molecule is CCc1cc2c(cc1CC)CC(NC[C@H](O)c1ccc(OC(=O)c3ccc4ccccc4c3O)c3[nH]c(=O)ccc13)C2. The van der Waals surface area contributed by atoms with Crippen LogP contribution in [-0.2, 0) is 25.7 Å². The number of carbonyl (C=O) groups is 1. The zero-order chi connectivity index (χ0) is 29.4. The molecule has 0 aliphatic heterocycles. The summed E-state index contributed by atoms with van der Waals surface area (Å²) in [6, 6.07) is 21.7. The van der Waals surface area contributed by atoms with Crippen molar-refractivity contribution in [2.45, 2.75) is 51.7 Å². The Balaban J connectivity index is 1.21. The van der Waals surface area contributed by atoms with Crippen molar-refractivity contribution >= 4 is 27.6 Å². The van der Waals surface area contributed by atoms with Crippen LogP contribution in [0.5, 0.6) is 11.5 Å². The maximum atomic E-state index is 13.1. The Bertz CT molecular complexity index is 1840. The van der Waals surface area contributed by atoms with E-state index in [0.29, 0.717) is 28.4 Å². The van der Waals surface area contributed by atoms with Crippen molar-refractivity contribution in [3.63, 3.8) is 0 Å². The van der Waals surface area contributed by atoms with Gasteiger partial charge in [-0.05, 0) is 77.1 Å². The second-order valence-corrected chi connectivity index (χ2v) is 11.0. The third kappa shape index (κ3) is 5.17. The molecule has 1 heterocycles. The number of phenolic OH excluding ortho intramolecular Hbond substituents is 1. The monoisotopic (exact) mass is 562 g/mol. The highest BCUT2D eigenvalue weighted by atomic mass is 16.5. The molecule has 1 aliphatic rings. The average molecular weight is 563 g/mol. The van der Waals surface area contributed by atoms with E-state index in [2.05, 4.69) is 36.3 Å². The molecule has 7 heteroatoms. The highest BCUT2D eigenvalue weighted by molar-refractivity contribution is 6.02. The quantitative estimate of drug-likeness (QED) is 0.146. The number of aromatic amines is 1. The van der Waals surface area contributed by atoms with Crippen LogP contribution in [0.15, 0.2) is 77.6 Å². The molecule has 42 heavy (non-hydrogen) atoms. The van der Waals surface area contributed by atoms with E-state index in [9.17, 15) is 19.8 Å². The average Bonchev–Trinajstić information content (AvgIpc) is 3.41. The first kappa shape index (κ1) is 27.7. The number of esters is 1. The summed E-state index contributed by atoms with van der Waals surface area (Å²) < 4.78 is 5.68. The number of fused-ring (bicyclic) bond motifs is 3. The Labute approximate surface area is 243 Å². The molecule has 0 saturated heterocycles. The minimum absolute atomic E-state index is 0.0168. The van der Waals surface area contributed by atoms with Crippen molar-refractivity contribution in [1.29, 1.82) is 0 Å². The maximum Gasteiger partial charge on any atom is 0.347 e. The van der Waals surface area contributed by atoms with Crippen LogP contribution in [0.1, 0.15) is 58.1 Å². The van der Waals surface area contributed by atoms with Crippen molar-refractivity contribution in [2.75, 3.05) is 6.54 Å². The number of ether oxygens (including phenoxy) is 1. The van der Waals surface area contributed by atoms with Crippen molar-refractivity contribution in [2.24, 2.45) is 0 Å². The summed E-state index contributed by atoms with van der Waals surface area (Å²) in [7, 11) is 0. The highest BCUT2D eigenvalue weighted by Gasteiger charge is 2.24. The predicted molar refractivity (Wildman–Crippen MR) is 164 cm³/mol. The number of pyridine rings is 1. The first-order valence-electron chi connectivity index (χ1n) is 14.5. The maximum absolute atomic E-state index is 13.1.